The van der Waals surface area contributed by atoms with Gasteiger partial charge in [-0.15, -0.1) is 0 Å². The predicted molar refractivity (Wildman–Crippen MR) is 92.3 cm³/mol. The minimum Gasteiger partial charge on any atom is -0.460 e. The van der Waals surface area contributed by atoms with Crippen molar-refractivity contribution in [2.45, 2.75) is 20.3 Å². The second-order valence-electron chi connectivity index (χ2n) is 5.27. The zero-order chi connectivity index (χ0) is 21.1. The number of phosphoric acid groups is 1. The summed E-state index contributed by atoms with van der Waals surface area (Å²) in [6.07, 6.45) is 0.176. The number of hydrogen-bond acceptors (Lipinski definition) is 7. The highest BCUT2D eigenvalue weighted by Gasteiger charge is 2.15. The fraction of sp³-hybridized carbons (Fsp3) is 0.538. The molecule has 0 saturated carbocycles. The maximum absolute atomic E-state index is 10.7. The van der Waals surface area contributed by atoms with Crippen LogP contribution in [0.2, 0.25) is 0 Å². The lowest BCUT2D eigenvalue weighted by Crippen LogP contribution is -2.18. The molecule has 11 nitrogen and oxygen atoms in total. The molecular weight excluding hydrogens is 393 g/mol. The van der Waals surface area contributed by atoms with Gasteiger partial charge < -0.3 is 20.3 Å². The van der Waals surface area contributed by atoms with Gasteiger partial charge in [-0.2, -0.15) is 8.42 Å². The van der Waals surface area contributed by atoms with Crippen molar-refractivity contribution in [2.75, 3.05) is 19.0 Å². The fourth-order valence-electron chi connectivity index (χ4n) is 1.35. The van der Waals surface area contributed by atoms with Crippen LogP contribution in [0.25, 0.3) is 0 Å². The van der Waals surface area contributed by atoms with Gasteiger partial charge in [0.05, 0.1) is 12.4 Å². The van der Waals surface area contributed by atoms with Crippen molar-refractivity contribution in [3.05, 3.63) is 24.3 Å². The van der Waals surface area contributed by atoms with Crippen LogP contribution in [0.15, 0.2) is 24.3 Å². The molecule has 0 bridgehead atoms. The third kappa shape index (κ3) is 18.8. The van der Waals surface area contributed by atoms with Crippen LogP contribution in [0.1, 0.15) is 20.3 Å². The van der Waals surface area contributed by atoms with Crippen LogP contribution >= 0.6 is 7.82 Å². The van der Waals surface area contributed by atoms with Crippen LogP contribution in [0.5, 0.6) is 0 Å². The third-order valence-corrected chi connectivity index (χ3v) is 3.87. The monoisotopic (exact) mass is 417 g/mol. The lowest BCUT2D eigenvalue weighted by atomic mass is 10.0. The van der Waals surface area contributed by atoms with E-state index in [0.29, 0.717) is 0 Å². The number of ether oxygens (including phenoxy) is 1. The number of primary amides is 1. The maximum Gasteiger partial charge on any atom is 0.469 e. The summed E-state index contributed by atoms with van der Waals surface area (Å²) in [5, 5.41) is 0. The number of nitrogens with two attached hydrogens (primary N) is 1. The Morgan fingerprint density at radius 2 is 1.73 bits per heavy atom. The largest absolute Gasteiger partial charge is 0.469 e. The molecule has 0 rings (SSSR count). The Balaban J connectivity index is 0. The molecule has 0 heterocycles. The van der Waals surface area contributed by atoms with Crippen molar-refractivity contribution in [1.82, 2.24) is 0 Å². The van der Waals surface area contributed by atoms with E-state index in [-0.39, 0.29) is 42.5 Å². The topological polar surface area (TPSA) is 191 Å². The Morgan fingerprint density at radius 1 is 1.23 bits per heavy atom. The van der Waals surface area contributed by atoms with E-state index in [1.165, 1.54) is 6.92 Å². The van der Waals surface area contributed by atoms with Crippen LogP contribution in [0.4, 0.5) is 0 Å². The fourth-order valence-corrected chi connectivity index (χ4v) is 2.50. The van der Waals surface area contributed by atoms with Gasteiger partial charge in [0.1, 0.15) is 6.61 Å². The number of carbonyl (C=O) groups is 2. The summed E-state index contributed by atoms with van der Waals surface area (Å²) in [6, 6.07) is 0. The van der Waals surface area contributed by atoms with Crippen LogP contribution in [0, 0.1) is 5.92 Å². The summed E-state index contributed by atoms with van der Waals surface area (Å²) in [7, 11) is -8.45. The lowest BCUT2D eigenvalue weighted by Gasteiger charge is -2.08. The molecule has 0 aromatic heterocycles. The molecule has 0 saturated heterocycles. The molecule has 26 heavy (non-hydrogen) atoms. The molecule has 1 amide bonds. The van der Waals surface area contributed by atoms with Gasteiger partial charge in [0.15, 0.2) is 0 Å². The minimum atomic E-state index is -4.46. The van der Waals surface area contributed by atoms with Crippen molar-refractivity contribution < 1.29 is 46.2 Å². The first-order valence-electron chi connectivity index (χ1n) is 7.00. The minimum absolute atomic E-state index is 0.163. The molecule has 1 atom stereocenters. The SMILES string of the molecule is C=C(C)C(=O)OCCOP(=O)(O)O.C=C(CC(C)CS(=O)(=O)O)C(N)=O. The first-order valence-corrected chi connectivity index (χ1v) is 10.1. The zero-order valence-corrected chi connectivity index (χ0v) is 16.2. The molecule has 1 unspecified atom stereocenters. The molecule has 0 aliphatic rings. The van der Waals surface area contributed by atoms with Gasteiger partial charge in [-0.25, -0.2) is 9.36 Å². The molecule has 152 valence electrons. The average Bonchev–Trinajstić information content (AvgIpc) is 2.40. The molecule has 0 fully saturated rings. The summed E-state index contributed by atoms with van der Waals surface area (Å²) < 4.78 is 47.9. The molecule has 5 N–H and O–H groups in total. The van der Waals surface area contributed by atoms with Gasteiger partial charge in [-0.05, 0) is 19.3 Å². The summed E-state index contributed by atoms with van der Waals surface area (Å²) in [5.41, 5.74) is 5.28. The normalized spacial score (nSPS) is 12.3. The predicted octanol–water partition coefficient (Wildman–Crippen LogP) is 0.157. The smallest absolute Gasteiger partial charge is 0.460 e. The van der Waals surface area contributed by atoms with Gasteiger partial charge in [-0.3, -0.25) is 13.9 Å². The summed E-state index contributed by atoms with van der Waals surface area (Å²) >= 11 is 0. The van der Waals surface area contributed by atoms with E-state index in [9.17, 15) is 22.6 Å². The quantitative estimate of drug-likeness (QED) is 0.125. The second-order valence-corrected chi connectivity index (χ2v) is 8.00. The van der Waals surface area contributed by atoms with E-state index in [1.807, 2.05) is 0 Å². The van der Waals surface area contributed by atoms with Crippen molar-refractivity contribution in [1.29, 1.82) is 0 Å². The van der Waals surface area contributed by atoms with E-state index in [0.717, 1.165) is 0 Å². The number of carbonyl (C=O) groups excluding carboxylic acids is 2. The second kappa shape index (κ2) is 11.9. The zero-order valence-electron chi connectivity index (χ0n) is 14.5. The van der Waals surface area contributed by atoms with E-state index >= 15 is 0 Å². The molecular formula is C13H24NO10PS. The standard InChI is InChI=1S/C7H13NO4S.C6H11O6P/c1-5(4-13(10,11)12)3-6(2)7(8)9;1-5(2)6(7)11-3-4-12-13(8,9)10/h5H,2-4H2,1H3,(H2,8,9)(H,10,11,12);1,3-4H2,2H3,(H2,8,9,10). The number of phosphoric ester groups is 1. The Hall–Kier alpha value is -1.56. The Bertz CT molecular complexity index is 666. The first-order chi connectivity index (χ1) is 11.5. The van der Waals surface area contributed by atoms with Crippen LogP contribution < -0.4 is 5.73 Å². The summed E-state index contributed by atoms with van der Waals surface area (Å²) in [6.45, 7) is 9.18. The summed E-state index contributed by atoms with van der Waals surface area (Å²) in [4.78, 5) is 37.7. The number of esters is 1. The lowest BCUT2D eigenvalue weighted by molar-refractivity contribution is -0.139. The number of hydrogen-bond donors (Lipinski definition) is 4. The number of amides is 1. The molecule has 0 aliphatic heterocycles. The van der Waals surface area contributed by atoms with Crippen molar-refractivity contribution in [2.24, 2.45) is 11.7 Å². The van der Waals surface area contributed by atoms with Gasteiger partial charge in [0.2, 0.25) is 5.91 Å². The Morgan fingerprint density at radius 3 is 2.08 bits per heavy atom. The molecule has 13 heteroatoms. The van der Waals surface area contributed by atoms with Crippen molar-refractivity contribution >= 4 is 29.8 Å². The highest BCUT2D eigenvalue weighted by Crippen LogP contribution is 2.35. The van der Waals surface area contributed by atoms with E-state index in [1.54, 1.807) is 6.92 Å². The van der Waals surface area contributed by atoms with Crippen LogP contribution in [-0.2, 0) is 33.5 Å². The molecule has 0 aliphatic carbocycles. The highest BCUT2D eigenvalue weighted by molar-refractivity contribution is 7.85. The van der Waals surface area contributed by atoms with Crippen molar-refractivity contribution in [3.8, 4) is 0 Å². The van der Waals surface area contributed by atoms with E-state index in [2.05, 4.69) is 22.4 Å². The Kier molecular flexibility index (Phi) is 12.2. The summed E-state index contributed by atoms with van der Waals surface area (Å²) in [5.74, 6) is -2.02. The van der Waals surface area contributed by atoms with Crippen molar-refractivity contribution in [3.63, 3.8) is 0 Å². The molecule has 0 radical (unpaired) electrons. The molecule has 0 aromatic rings. The van der Waals surface area contributed by atoms with E-state index < -0.39 is 29.8 Å². The van der Waals surface area contributed by atoms with Gasteiger partial charge in [0, 0.05) is 11.1 Å². The van der Waals surface area contributed by atoms with Gasteiger partial charge >= 0.3 is 13.8 Å². The van der Waals surface area contributed by atoms with Crippen LogP contribution in [0.3, 0.4) is 0 Å². The average molecular weight is 417 g/mol. The van der Waals surface area contributed by atoms with Gasteiger partial charge in [0.25, 0.3) is 10.1 Å². The molecule has 0 spiro atoms. The van der Waals surface area contributed by atoms with Gasteiger partial charge in [-0.1, -0.05) is 20.1 Å². The highest BCUT2D eigenvalue weighted by atomic mass is 32.2. The maximum atomic E-state index is 10.7. The van der Waals surface area contributed by atoms with E-state index in [4.69, 9.17) is 20.1 Å². The first kappa shape index (κ1) is 26.7. The Labute approximate surface area is 151 Å². The number of rotatable bonds is 10. The van der Waals surface area contributed by atoms with Crippen LogP contribution in [-0.4, -0.2) is 53.6 Å². The molecule has 0 aromatic carbocycles. The third-order valence-electron chi connectivity index (χ3n) is 2.36.